The van der Waals surface area contributed by atoms with Gasteiger partial charge in [-0.05, 0) is 32.4 Å². The van der Waals surface area contributed by atoms with Gasteiger partial charge in [-0.25, -0.2) is 4.98 Å². The van der Waals surface area contributed by atoms with Crippen molar-refractivity contribution >= 4 is 28.7 Å². The molecule has 3 aromatic heterocycles. The number of fused-ring (bicyclic) bond motifs is 2. The maximum absolute atomic E-state index is 13.2. The average Bonchev–Trinajstić information content (AvgIpc) is 3.44. The zero-order valence-corrected chi connectivity index (χ0v) is 18.4. The van der Waals surface area contributed by atoms with Crippen LogP contribution < -0.4 is 10.9 Å². The van der Waals surface area contributed by atoms with Crippen LogP contribution in [0, 0.1) is 6.92 Å². The first-order chi connectivity index (χ1) is 16.0. The lowest BCUT2D eigenvalue weighted by Crippen LogP contribution is -2.27. The van der Waals surface area contributed by atoms with E-state index in [1.165, 1.54) is 4.52 Å². The molecule has 5 rings (SSSR count). The van der Waals surface area contributed by atoms with Gasteiger partial charge in [-0.15, -0.1) is 5.10 Å². The molecular formula is C24H23N7O2. The van der Waals surface area contributed by atoms with Crippen molar-refractivity contribution in [1.29, 1.82) is 0 Å². The average molecular weight is 441 g/mol. The number of aryl methyl sites for hydroxylation is 1. The van der Waals surface area contributed by atoms with E-state index >= 15 is 0 Å². The predicted octanol–water partition coefficient (Wildman–Crippen LogP) is 3.33. The largest absolute Gasteiger partial charge is 0.324 e. The number of anilines is 1. The minimum absolute atomic E-state index is 0.141. The Balaban J connectivity index is 1.42. The molecule has 9 nitrogen and oxygen atoms in total. The molecule has 0 saturated carbocycles. The molecule has 0 atom stereocenters. The molecule has 0 aliphatic carbocycles. The van der Waals surface area contributed by atoms with E-state index in [-0.39, 0.29) is 24.3 Å². The van der Waals surface area contributed by atoms with Gasteiger partial charge >= 0.3 is 0 Å². The van der Waals surface area contributed by atoms with Gasteiger partial charge < -0.3 is 9.55 Å². The molecule has 0 aliphatic heterocycles. The number of benzene rings is 2. The Bertz CT molecular complexity index is 1500. The van der Waals surface area contributed by atoms with Crippen LogP contribution in [0.4, 0.5) is 5.95 Å². The number of aromatic nitrogens is 6. The summed E-state index contributed by atoms with van der Waals surface area (Å²) in [5.74, 6) is 1.16. The van der Waals surface area contributed by atoms with Crippen LogP contribution in [0.3, 0.4) is 0 Å². The summed E-state index contributed by atoms with van der Waals surface area (Å²) in [4.78, 5) is 37.9. The lowest BCUT2D eigenvalue weighted by Gasteiger charge is -2.13. The van der Waals surface area contributed by atoms with Gasteiger partial charge in [0.2, 0.25) is 17.6 Å². The molecule has 1 amide bonds. The van der Waals surface area contributed by atoms with Crippen molar-refractivity contribution in [1.82, 2.24) is 29.1 Å². The third kappa shape index (κ3) is 3.78. The summed E-state index contributed by atoms with van der Waals surface area (Å²) < 4.78 is 3.29. The van der Waals surface area contributed by atoms with Gasteiger partial charge in [0.25, 0.3) is 5.56 Å². The van der Waals surface area contributed by atoms with E-state index in [4.69, 9.17) is 0 Å². The minimum atomic E-state index is -0.251. The summed E-state index contributed by atoms with van der Waals surface area (Å²) in [5, 5.41) is 7.25. The Morgan fingerprint density at radius 2 is 1.82 bits per heavy atom. The maximum Gasteiger partial charge on any atom is 0.279 e. The lowest BCUT2D eigenvalue weighted by atomic mass is 10.1. The highest BCUT2D eigenvalue weighted by molar-refractivity contribution is 5.91. The summed E-state index contributed by atoms with van der Waals surface area (Å²) in [6.07, 6.45) is 0.426. The standard InChI is InChI=1S/C24H23N7O2/c1-3-30-15(2)17(13-14-20(32)27-23-25-18-11-7-8-12-19(18)26-23)22(33)31-24(30)28-21(29-31)16-9-5-4-6-10-16/h4-12H,3,13-14H2,1-2H3,(H2,25,26,27,32). The van der Waals surface area contributed by atoms with Crippen molar-refractivity contribution in [2.75, 3.05) is 5.32 Å². The van der Waals surface area contributed by atoms with Crippen molar-refractivity contribution in [3.8, 4) is 11.4 Å². The minimum Gasteiger partial charge on any atom is -0.324 e. The zero-order valence-electron chi connectivity index (χ0n) is 18.4. The summed E-state index contributed by atoms with van der Waals surface area (Å²) in [7, 11) is 0. The van der Waals surface area contributed by atoms with Gasteiger partial charge in [-0.1, -0.05) is 42.5 Å². The molecule has 2 N–H and O–H groups in total. The van der Waals surface area contributed by atoms with Crippen molar-refractivity contribution in [3.63, 3.8) is 0 Å². The van der Waals surface area contributed by atoms with E-state index in [9.17, 15) is 9.59 Å². The Morgan fingerprint density at radius 1 is 1.06 bits per heavy atom. The van der Waals surface area contributed by atoms with Crippen LogP contribution in [0.15, 0.2) is 59.4 Å². The molecule has 5 aromatic rings. The Labute approximate surface area is 189 Å². The van der Waals surface area contributed by atoms with Crippen LogP contribution in [-0.2, 0) is 17.8 Å². The zero-order chi connectivity index (χ0) is 22.9. The highest BCUT2D eigenvalue weighted by Crippen LogP contribution is 2.18. The number of rotatable bonds is 6. The van der Waals surface area contributed by atoms with E-state index in [1.807, 2.05) is 73.0 Å². The van der Waals surface area contributed by atoms with E-state index in [0.717, 1.165) is 22.3 Å². The molecule has 33 heavy (non-hydrogen) atoms. The second-order valence-electron chi connectivity index (χ2n) is 7.78. The summed E-state index contributed by atoms with van der Waals surface area (Å²) >= 11 is 0. The number of H-pyrrole nitrogens is 1. The fourth-order valence-electron chi connectivity index (χ4n) is 4.03. The number of hydrogen-bond donors (Lipinski definition) is 2. The lowest BCUT2D eigenvalue weighted by molar-refractivity contribution is -0.116. The quantitative estimate of drug-likeness (QED) is 0.420. The number of aromatic amines is 1. The van der Waals surface area contributed by atoms with Gasteiger partial charge in [0.15, 0.2) is 5.82 Å². The van der Waals surface area contributed by atoms with Crippen LogP contribution in [0.5, 0.6) is 0 Å². The molecule has 166 valence electrons. The number of nitrogens with zero attached hydrogens (tertiary/aromatic N) is 5. The molecule has 0 bridgehead atoms. The van der Waals surface area contributed by atoms with Gasteiger partial charge in [-0.2, -0.15) is 9.50 Å². The monoisotopic (exact) mass is 441 g/mol. The van der Waals surface area contributed by atoms with Crippen LogP contribution >= 0.6 is 0 Å². The van der Waals surface area contributed by atoms with E-state index in [2.05, 4.69) is 25.4 Å². The van der Waals surface area contributed by atoms with Gasteiger partial charge in [0.05, 0.1) is 11.0 Å². The van der Waals surface area contributed by atoms with Crippen molar-refractivity contribution < 1.29 is 4.79 Å². The normalized spacial score (nSPS) is 11.3. The molecule has 2 aromatic carbocycles. The Morgan fingerprint density at radius 3 is 2.58 bits per heavy atom. The number of carbonyl (C=O) groups is 1. The smallest absolute Gasteiger partial charge is 0.279 e. The third-order valence-electron chi connectivity index (χ3n) is 5.72. The van der Waals surface area contributed by atoms with E-state index in [1.54, 1.807) is 0 Å². The highest BCUT2D eigenvalue weighted by Gasteiger charge is 2.19. The van der Waals surface area contributed by atoms with Gasteiger partial charge in [-0.3, -0.25) is 14.9 Å². The predicted molar refractivity (Wildman–Crippen MR) is 126 cm³/mol. The van der Waals surface area contributed by atoms with Crippen molar-refractivity contribution in [2.24, 2.45) is 0 Å². The van der Waals surface area contributed by atoms with E-state index < -0.39 is 0 Å². The van der Waals surface area contributed by atoms with Gasteiger partial charge in [0, 0.05) is 29.8 Å². The molecule has 0 saturated heterocycles. The topological polar surface area (TPSA) is 110 Å². The molecule has 0 fully saturated rings. The molecule has 0 radical (unpaired) electrons. The summed E-state index contributed by atoms with van der Waals surface area (Å²) in [5.41, 5.74) is 3.55. The van der Waals surface area contributed by atoms with Gasteiger partial charge in [0.1, 0.15) is 0 Å². The van der Waals surface area contributed by atoms with Crippen LogP contribution in [0.2, 0.25) is 0 Å². The maximum atomic E-state index is 13.2. The van der Waals surface area contributed by atoms with Crippen LogP contribution in [0.1, 0.15) is 24.6 Å². The molecule has 0 aliphatic rings. The fraction of sp³-hybridized carbons (Fsp3) is 0.208. The third-order valence-corrected chi connectivity index (χ3v) is 5.72. The Hall–Kier alpha value is -4.27. The molecule has 3 heterocycles. The van der Waals surface area contributed by atoms with Crippen LogP contribution in [0.25, 0.3) is 28.2 Å². The van der Waals surface area contributed by atoms with Crippen molar-refractivity contribution in [3.05, 3.63) is 76.2 Å². The summed E-state index contributed by atoms with van der Waals surface area (Å²) in [6.45, 7) is 4.50. The summed E-state index contributed by atoms with van der Waals surface area (Å²) in [6, 6.07) is 17.1. The number of carbonyl (C=O) groups excluding carboxylic acids is 1. The molecular weight excluding hydrogens is 418 g/mol. The SMILES string of the molecule is CCn1c(C)c(CCC(=O)Nc2nc3ccccc3[nH]2)c(=O)n2nc(-c3ccccc3)nc12. The number of imidazole rings is 1. The van der Waals surface area contributed by atoms with Crippen LogP contribution in [-0.4, -0.2) is 35.0 Å². The second-order valence-corrected chi connectivity index (χ2v) is 7.78. The fourth-order valence-corrected chi connectivity index (χ4v) is 4.03. The highest BCUT2D eigenvalue weighted by atomic mass is 16.2. The Kier molecular flexibility index (Phi) is 5.21. The van der Waals surface area contributed by atoms with E-state index in [0.29, 0.717) is 29.7 Å². The first kappa shape index (κ1) is 20.6. The molecule has 0 spiro atoms. The molecule has 0 unspecified atom stereocenters. The first-order valence-electron chi connectivity index (χ1n) is 10.8. The van der Waals surface area contributed by atoms with Crippen molar-refractivity contribution in [2.45, 2.75) is 33.2 Å². The number of amides is 1. The number of para-hydroxylation sites is 2. The number of hydrogen-bond acceptors (Lipinski definition) is 5. The number of nitrogens with one attached hydrogen (secondary N) is 2. The second kappa shape index (κ2) is 8.34. The molecule has 9 heteroatoms. The first-order valence-corrected chi connectivity index (χ1v) is 10.8.